The van der Waals surface area contributed by atoms with Crippen molar-refractivity contribution in [2.24, 2.45) is 16.8 Å². The van der Waals surface area contributed by atoms with Gasteiger partial charge in [0.15, 0.2) is 0 Å². The minimum atomic E-state index is -0.684. The van der Waals surface area contributed by atoms with Crippen LogP contribution in [0, 0.1) is 17.6 Å². The van der Waals surface area contributed by atoms with Crippen molar-refractivity contribution < 1.29 is 18.4 Å². The van der Waals surface area contributed by atoms with Crippen molar-refractivity contribution in [3.05, 3.63) is 53.5 Å². The van der Waals surface area contributed by atoms with Crippen molar-refractivity contribution in [2.75, 3.05) is 11.4 Å². The van der Waals surface area contributed by atoms with Gasteiger partial charge in [-0.05, 0) is 37.5 Å². The molecule has 2 N–H and O–H groups in total. The van der Waals surface area contributed by atoms with E-state index >= 15 is 0 Å². The van der Waals surface area contributed by atoms with Gasteiger partial charge in [0, 0.05) is 43.3 Å². The van der Waals surface area contributed by atoms with E-state index in [0.29, 0.717) is 37.2 Å². The van der Waals surface area contributed by atoms with Gasteiger partial charge in [-0.25, -0.2) is 23.8 Å². The molecule has 1 aromatic heterocycles. The first-order valence-electron chi connectivity index (χ1n) is 10.0. The molecule has 2 aliphatic rings. The molecule has 0 saturated carbocycles. The Balaban J connectivity index is 1.47. The molecule has 1 saturated heterocycles. The van der Waals surface area contributed by atoms with E-state index < -0.39 is 23.6 Å². The summed E-state index contributed by atoms with van der Waals surface area (Å²) in [5.74, 6) is -1.88. The quantitative estimate of drug-likeness (QED) is 0.805. The third kappa shape index (κ3) is 4.23. The van der Waals surface area contributed by atoms with E-state index in [1.54, 1.807) is 12.3 Å². The van der Waals surface area contributed by atoms with Crippen LogP contribution in [0.1, 0.15) is 48.3 Å². The van der Waals surface area contributed by atoms with Crippen LogP contribution >= 0.6 is 0 Å². The third-order valence-electron chi connectivity index (χ3n) is 5.75. The lowest BCUT2D eigenvalue weighted by molar-refractivity contribution is -0.138. The minimum Gasteiger partial charge on any atom is -0.364 e. The highest BCUT2D eigenvalue weighted by atomic mass is 19.1. The highest BCUT2D eigenvalue weighted by molar-refractivity contribution is 5.91. The summed E-state index contributed by atoms with van der Waals surface area (Å²) in [6.07, 6.45) is 4.39. The predicted molar refractivity (Wildman–Crippen MR) is 109 cm³/mol. The minimum absolute atomic E-state index is 0.0324. The lowest BCUT2D eigenvalue weighted by Crippen LogP contribution is -2.46. The van der Waals surface area contributed by atoms with Crippen molar-refractivity contribution in [3.63, 3.8) is 0 Å². The number of halogens is 2. The smallest absolute Gasteiger partial charge is 0.267 e. The Bertz CT molecular complexity index is 1030. The van der Waals surface area contributed by atoms with Gasteiger partial charge in [-0.15, -0.1) is 0 Å². The van der Waals surface area contributed by atoms with Crippen LogP contribution in [0.15, 0.2) is 35.7 Å². The molecule has 0 unspecified atom stereocenters. The molecule has 0 radical (unpaired) electrons. The van der Waals surface area contributed by atoms with Crippen molar-refractivity contribution in [1.29, 1.82) is 0 Å². The molecule has 0 spiro atoms. The van der Waals surface area contributed by atoms with Crippen molar-refractivity contribution in [3.8, 4) is 0 Å². The number of hydrogen-bond donors (Lipinski definition) is 1. The predicted octanol–water partition coefficient (Wildman–Crippen LogP) is 2.42. The summed E-state index contributed by atoms with van der Waals surface area (Å²) in [7, 11) is 0. The molecule has 3 atom stereocenters. The Morgan fingerprint density at radius 3 is 2.55 bits per heavy atom. The van der Waals surface area contributed by atoms with Crippen molar-refractivity contribution in [1.82, 2.24) is 15.0 Å². The zero-order chi connectivity index (χ0) is 22.1. The summed E-state index contributed by atoms with van der Waals surface area (Å²) in [5, 5.41) is 5.53. The number of piperidine rings is 1. The molecule has 1 aromatic carbocycles. The average Bonchev–Trinajstić information content (AvgIpc) is 3.22. The number of amides is 2. The SMILES string of the molecule is C[C@H]1C[C@@H](C(=O)N2N=CC[C@@H]2c2cc(F)cc(F)c2)CCN1c1cc(C(N)=O)ncn1. The third-order valence-corrected chi connectivity index (χ3v) is 5.75. The maximum atomic E-state index is 13.7. The monoisotopic (exact) mass is 428 g/mol. The van der Waals surface area contributed by atoms with Gasteiger partial charge in [0.2, 0.25) is 5.91 Å². The molecule has 162 valence electrons. The fourth-order valence-electron chi connectivity index (χ4n) is 4.23. The van der Waals surface area contributed by atoms with Crippen LogP contribution in [0.3, 0.4) is 0 Å². The summed E-state index contributed by atoms with van der Waals surface area (Å²) >= 11 is 0. The summed E-state index contributed by atoms with van der Waals surface area (Å²) in [6.45, 7) is 2.52. The van der Waals surface area contributed by atoms with Crippen molar-refractivity contribution >= 4 is 23.8 Å². The Morgan fingerprint density at radius 2 is 1.87 bits per heavy atom. The van der Waals surface area contributed by atoms with Gasteiger partial charge >= 0.3 is 0 Å². The van der Waals surface area contributed by atoms with Crippen LogP contribution in [-0.2, 0) is 4.79 Å². The zero-order valence-corrected chi connectivity index (χ0v) is 16.9. The van der Waals surface area contributed by atoms with Gasteiger partial charge in [0.1, 0.15) is 29.5 Å². The Labute approximate surface area is 177 Å². The number of carbonyl (C=O) groups is 2. The number of benzene rings is 1. The second kappa shape index (κ2) is 8.37. The molecule has 2 aromatic rings. The van der Waals surface area contributed by atoms with Gasteiger partial charge < -0.3 is 10.6 Å². The lowest BCUT2D eigenvalue weighted by atomic mass is 9.90. The largest absolute Gasteiger partial charge is 0.364 e. The maximum absolute atomic E-state index is 13.7. The topological polar surface area (TPSA) is 105 Å². The maximum Gasteiger partial charge on any atom is 0.267 e. The van der Waals surface area contributed by atoms with Crippen LogP contribution in [-0.4, -0.2) is 45.6 Å². The fourth-order valence-corrected chi connectivity index (χ4v) is 4.23. The molecule has 31 heavy (non-hydrogen) atoms. The average molecular weight is 428 g/mol. The summed E-state index contributed by atoms with van der Waals surface area (Å²) in [5.41, 5.74) is 5.81. The number of nitrogens with two attached hydrogens (primary N) is 1. The van der Waals surface area contributed by atoms with Crippen molar-refractivity contribution in [2.45, 2.75) is 38.3 Å². The number of nitrogens with zero attached hydrogens (tertiary/aromatic N) is 5. The Hall–Kier alpha value is -3.43. The highest BCUT2D eigenvalue weighted by Gasteiger charge is 2.37. The molecular formula is C21H22F2N6O2. The van der Waals surface area contributed by atoms with E-state index in [0.717, 1.165) is 6.07 Å². The van der Waals surface area contributed by atoms with Crippen LogP contribution in [0.4, 0.5) is 14.6 Å². The fraction of sp³-hybridized carbons (Fsp3) is 0.381. The molecule has 0 bridgehead atoms. The number of hydrogen-bond acceptors (Lipinski definition) is 6. The molecule has 2 amide bonds. The number of anilines is 1. The van der Waals surface area contributed by atoms with Crippen LogP contribution in [0.5, 0.6) is 0 Å². The van der Waals surface area contributed by atoms with Gasteiger partial charge in [0.25, 0.3) is 5.91 Å². The zero-order valence-electron chi connectivity index (χ0n) is 16.9. The number of carbonyl (C=O) groups excluding carboxylic acids is 2. The number of aromatic nitrogens is 2. The molecule has 0 aliphatic carbocycles. The molecule has 8 nitrogen and oxygen atoms in total. The molecule has 1 fully saturated rings. The van der Waals surface area contributed by atoms with E-state index in [2.05, 4.69) is 15.1 Å². The van der Waals surface area contributed by atoms with E-state index in [-0.39, 0.29) is 23.6 Å². The van der Waals surface area contributed by atoms with E-state index in [9.17, 15) is 18.4 Å². The van der Waals surface area contributed by atoms with E-state index in [4.69, 9.17) is 5.73 Å². The summed E-state index contributed by atoms with van der Waals surface area (Å²) in [4.78, 5) is 34.7. The second-order valence-corrected chi connectivity index (χ2v) is 7.82. The summed E-state index contributed by atoms with van der Waals surface area (Å²) < 4.78 is 27.3. The molecule has 2 aliphatic heterocycles. The van der Waals surface area contributed by atoms with Gasteiger partial charge in [-0.2, -0.15) is 5.10 Å². The first-order valence-corrected chi connectivity index (χ1v) is 10.0. The second-order valence-electron chi connectivity index (χ2n) is 7.82. The number of primary amides is 1. The van der Waals surface area contributed by atoms with Gasteiger partial charge in [0.05, 0.1) is 6.04 Å². The molecule has 10 heteroatoms. The first kappa shape index (κ1) is 20.8. The summed E-state index contributed by atoms with van der Waals surface area (Å²) in [6, 6.07) is 4.26. The highest BCUT2D eigenvalue weighted by Crippen LogP contribution is 2.34. The Kier molecular flexibility index (Phi) is 5.62. The van der Waals surface area contributed by atoms with E-state index in [1.807, 2.05) is 11.8 Å². The molecule has 3 heterocycles. The van der Waals surface area contributed by atoms with E-state index in [1.165, 1.54) is 23.5 Å². The van der Waals surface area contributed by atoms with Crippen LogP contribution < -0.4 is 10.6 Å². The van der Waals surface area contributed by atoms with Crippen LogP contribution in [0.2, 0.25) is 0 Å². The number of hydrazone groups is 1. The molecular weight excluding hydrogens is 406 g/mol. The first-order chi connectivity index (χ1) is 14.8. The standard InChI is InChI=1S/C21H22F2N6O2/c1-12-6-13(3-5-28(12)19-10-17(20(24)30)25-11-26-19)21(31)29-18(2-4-27-29)14-7-15(22)9-16(23)8-14/h4,7-13,18H,2-3,5-6H2,1H3,(H2,24,30)/t12-,13-,18+/m0/s1. The van der Waals surface area contributed by atoms with Gasteiger partial charge in [-0.1, -0.05) is 0 Å². The Morgan fingerprint density at radius 1 is 1.13 bits per heavy atom. The normalized spacial score (nSPS) is 23.3. The number of rotatable bonds is 4. The molecule has 4 rings (SSSR count). The van der Waals surface area contributed by atoms with Gasteiger partial charge in [-0.3, -0.25) is 9.59 Å². The van der Waals surface area contributed by atoms with Crippen LogP contribution in [0.25, 0.3) is 0 Å². The lowest BCUT2D eigenvalue weighted by Gasteiger charge is -2.39.